The third-order valence-corrected chi connectivity index (χ3v) is 2.46. The molecule has 0 bridgehead atoms. The average molecular weight is 239 g/mol. The molecule has 17 heavy (non-hydrogen) atoms. The van der Waals surface area contributed by atoms with Gasteiger partial charge < -0.3 is 15.2 Å². The summed E-state index contributed by atoms with van der Waals surface area (Å²) in [6, 6.07) is 2.45. The van der Waals surface area contributed by atoms with Crippen LogP contribution in [-0.4, -0.2) is 29.2 Å². The maximum atomic E-state index is 10.6. The first-order valence-electron chi connectivity index (χ1n) is 5.31. The third-order valence-electron chi connectivity index (χ3n) is 2.46. The zero-order valence-electron chi connectivity index (χ0n) is 9.17. The fraction of sp³-hybridized carbons (Fsp3) is 0.500. The number of rotatable bonds is 4. The molecule has 0 amide bonds. The van der Waals surface area contributed by atoms with Crippen molar-refractivity contribution in [2.24, 2.45) is 0 Å². The molecule has 1 saturated heterocycles. The number of hydrogen-bond acceptors (Lipinski definition) is 6. The van der Waals surface area contributed by atoms with Gasteiger partial charge in [-0.3, -0.25) is 10.1 Å². The molecule has 1 atom stereocenters. The van der Waals surface area contributed by atoms with Gasteiger partial charge in [0.05, 0.1) is 23.2 Å². The van der Waals surface area contributed by atoms with E-state index in [-0.39, 0.29) is 23.5 Å². The molecule has 7 heteroatoms. The molecular formula is C10H13N3O4. The largest absolute Gasteiger partial charge is 0.475 e. The van der Waals surface area contributed by atoms with Gasteiger partial charge in [-0.2, -0.15) is 4.98 Å². The summed E-state index contributed by atoms with van der Waals surface area (Å²) in [4.78, 5) is 13.9. The van der Waals surface area contributed by atoms with Crippen molar-refractivity contribution < 1.29 is 14.4 Å². The summed E-state index contributed by atoms with van der Waals surface area (Å²) in [6.45, 7) is 1.08. The van der Waals surface area contributed by atoms with Crippen molar-refractivity contribution in [1.82, 2.24) is 4.98 Å². The van der Waals surface area contributed by atoms with E-state index in [4.69, 9.17) is 15.2 Å². The normalized spacial score (nSPS) is 19.2. The summed E-state index contributed by atoms with van der Waals surface area (Å²) < 4.78 is 10.7. The lowest BCUT2D eigenvalue weighted by atomic mass is 10.2. The fourth-order valence-electron chi connectivity index (χ4n) is 1.64. The van der Waals surface area contributed by atoms with E-state index in [9.17, 15) is 10.1 Å². The molecule has 2 N–H and O–H groups in total. The Kier molecular flexibility index (Phi) is 3.38. The summed E-state index contributed by atoms with van der Waals surface area (Å²) in [7, 11) is 0. The summed E-state index contributed by atoms with van der Waals surface area (Å²) in [5.41, 5.74) is 5.33. The van der Waals surface area contributed by atoms with Crippen molar-refractivity contribution in [2.75, 3.05) is 18.9 Å². The molecule has 0 aliphatic carbocycles. The predicted molar refractivity (Wildman–Crippen MR) is 59.8 cm³/mol. The van der Waals surface area contributed by atoms with Crippen molar-refractivity contribution in [2.45, 2.75) is 18.9 Å². The van der Waals surface area contributed by atoms with Crippen LogP contribution in [0.2, 0.25) is 0 Å². The van der Waals surface area contributed by atoms with Gasteiger partial charge in [-0.15, -0.1) is 0 Å². The van der Waals surface area contributed by atoms with Crippen molar-refractivity contribution in [3.63, 3.8) is 0 Å². The van der Waals surface area contributed by atoms with Gasteiger partial charge in [0.2, 0.25) is 5.88 Å². The molecule has 1 aromatic rings. The van der Waals surface area contributed by atoms with Gasteiger partial charge in [0.25, 0.3) is 5.69 Å². The predicted octanol–water partition coefficient (Wildman–Crippen LogP) is 1.13. The lowest BCUT2D eigenvalue weighted by molar-refractivity contribution is -0.384. The second kappa shape index (κ2) is 4.96. The Morgan fingerprint density at radius 1 is 1.65 bits per heavy atom. The van der Waals surface area contributed by atoms with Gasteiger partial charge in [0.15, 0.2) is 0 Å². The summed E-state index contributed by atoms with van der Waals surface area (Å²) in [6.07, 6.45) is 1.99. The molecule has 2 rings (SSSR count). The Balaban J connectivity index is 2.01. The molecule has 1 aromatic heterocycles. The fourth-order valence-corrected chi connectivity index (χ4v) is 1.64. The van der Waals surface area contributed by atoms with Crippen LogP contribution >= 0.6 is 0 Å². The zero-order valence-corrected chi connectivity index (χ0v) is 9.17. The van der Waals surface area contributed by atoms with Crippen LogP contribution in [0.4, 0.5) is 11.5 Å². The van der Waals surface area contributed by atoms with Crippen LogP contribution in [0.3, 0.4) is 0 Å². The van der Waals surface area contributed by atoms with Crippen molar-refractivity contribution in [1.29, 1.82) is 0 Å². The lowest BCUT2D eigenvalue weighted by Gasteiger charge is -2.10. The van der Waals surface area contributed by atoms with Crippen LogP contribution in [0.15, 0.2) is 12.1 Å². The van der Waals surface area contributed by atoms with E-state index in [1.807, 2.05) is 0 Å². The summed E-state index contributed by atoms with van der Waals surface area (Å²) in [5.74, 6) is 0.230. The van der Waals surface area contributed by atoms with Gasteiger partial charge in [0, 0.05) is 6.61 Å². The van der Waals surface area contributed by atoms with Gasteiger partial charge in [0.1, 0.15) is 12.4 Å². The van der Waals surface area contributed by atoms with Gasteiger partial charge >= 0.3 is 0 Å². The van der Waals surface area contributed by atoms with E-state index in [2.05, 4.69) is 4.98 Å². The number of nitrogen functional groups attached to an aromatic ring is 1. The van der Waals surface area contributed by atoms with Crippen molar-refractivity contribution in [3.8, 4) is 5.88 Å². The third kappa shape index (κ3) is 3.04. The van der Waals surface area contributed by atoms with E-state index in [0.29, 0.717) is 6.61 Å². The molecule has 1 fully saturated rings. The van der Waals surface area contributed by atoms with Crippen LogP contribution in [0, 0.1) is 10.1 Å². The molecule has 0 radical (unpaired) electrons. The molecule has 0 aromatic carbocycles. The monoisotopic (exact) mass is 239 g/mol. The average Bonchev–Trinajstić information content (AvgIpc) is 2.78. The standard InChI is InChI=1S/C10H13N3O4/c11-9-4-7(13(14)15)5-10(12-9)17-6-8-2-1-3-16-8/h4-5,8H,1-3,6H2,(H2,11,12). The Bertz CT molecular complexity index is 418. The first kappa shape index (κ1) is 11.6. The van der Waals surface area contributed by atoms with Crippen LogP contribution in [-0.2, 0) is 4.74 Å². The van der Waals surface area contributed by atoms with Gasteiger partial charge in [-0.05, 0) is 12.8 Å². The number of pyridine rings is 1. The topological polar surface area (TPSA) is 101 Å². The minimum atomic E-state index is -0.531. The molecule has 1 aliphatic rings. The van der Waals surface area contributed by atoms with Crippen LogP contribution < -0.4 is 10.5 Å². The Labute approximate surface area is 97.7 Å². The van der Waals surface area contributed by atoms with Crippen molar-refractivity contribution >= 4 is 11.5 Å². The van der Waals surface area contributed by atoms with E-state index in [1.165, 1.54) is 12.1 Å². The number of hydrogen-bond donors (Lipinski definition) is 1. The number of nitrogens with two attached hydrogens (primary N) is 1. The number of aromatic nitrogens is 1. The maximum Gasteiger partial charge on any atom is 0.278 e. The van der Waals surface area contributed by atoms with E-state index < -0.39 is 4.92 Å². The summed E-state index contributed by atoms with van der Waals surface area (Å²) in [5, 5.41) is 10.6. The number of ether oxygens (including phenoxy) is 2. The van der Waals surface area contributed by atoms with Crippen LogP contribution in [0.1, 0.15) is 12.8 Å². The highest BCUT2D eigenvalue weighted by atomic mass is 16.6. The molecule has 92 valence electrons. The van der Waals surface area contributed by atoms with E-state index in [1.54, 1.807) is 0 Å². The van der Waals surface area contributed by atoms with Gasteiger partial charge in [-0.1, -0.05) is 0 Å². The number of nitro groups is 1. The highest BCUT2D eigenvalue weighted by Gasteiger charge is 2.17. The Hall–Kier alpha value is -1.89. The molecule has 7 nitrogen and oxygen atoms in total. The minimum absolute atomic E-state index is 0.0392. The van der Waals surface area contributed by atoms with Crippen LogP contribution in [0.5, 0.6) is 5.88 Å². The van der Waals surface area contributed by atoms with Crippen LogP contribution in [0.25, 0.3) is 0 Å². The molecule has 2 heterocycles. The second-order valence-electron chi connectivity index (χ2n) is 3.79. The minimum Gasteiger partial charge on any atom is -0.475 e. The second-order valence-corrected chi connectivity index (χ2v) is 3.79. The van der Waals surface area contributed by atoms with E-state index in [0.717, 1.165) is 19.4 Å². The van der Waals surface area contributed by atoms with E-state index >= 15 is 0 Å². The van der Waals surface area contributed by atoms with Gasteiger partial charge in [-0.25, -0.2) is 0 Å². The Morgan fingerprint density at radius 2 is 2.47 bits per heavy atom. The highest BCUT2D eigenvalue weighted by Crippen LogP contribution is 2.21. The first-order valence-corrected chi connectivity index (χ1v) is 5.31. The molecule has 1 unspecified atom stereocenters. The molecular weight excluding hydrogens is 226 g/mol. The lowest BCUT2D eigenvalue weighted by Crippen LogP contribution is -2.17. The quantitative estimate of drug-likeness (QED) is 0.624. The number of anilines is 1. The smallest absolute Gasteiger partial charge is 0.278 e. The highest BCUT2D eigenvalue weighted by molar-refractivity contribution is 5.45. The Morgan fingerprint density at radius 3 is 3.12 bits per heavy atom. The molecule has 0 spiro atoms. The first-order chi connectivity index (χ1) is 8.15. The molecule has 0 saturated carbocycles. The van der Waals surface area contributed by atoms with Crippen molar-refractivity contribution in [3.05, 3.63) is 22.2 Å². The number of nitrogens with zero attached hydrogens (tertiary/aromatic N) is 2. The zero-order chi connectivity index (χ0) is 12.3. The summed E-state index contributed by atoms with van der Waals surface area (Å²) >= 11 is 0. The maximum absolute atomic E-state index is 10.6. The SMILES string of the molecule is Nc1cc([N+](=O)[O-])cc(OCC2CCCO2)n1. The molecule has 1 aliphatic heterocycles.